The standard InChI is InChI=1S/C27H38N4O3/c1-18-5-3-6-23(11-18)25(33)31-8-4-7-30(9-10-31)19(2)24(32)28-26(34)29-27-15-20-12-21(16-27)14-22(13-20)17-27/h3,5-6,11,19-22H,4,7-10,12-17H2,1-2H3,(H2,28,29,32,34). The van der Waals surface area contributed by atoms with E-state index in [9.17, 15) is 14.4 Å². The third-order valence-electron chi connectivity index (χ3n) is 8.66. The summed E-state index contributed by atoms with van der Waals surface area (Å²) in [7, 11) is 0. The molecule has 4 saturated carbocycles. The van der Waals surface area contributed by atoms with Gasteiger partial charge in [-0.25, -0.2) is 4.79 Å². The number of urea groups is 1. The molecule has 0 spiro atoms. The molecule has 1 unspecified atom stereocenters. The van der Waals surface area contributed by atoms with Crippen LogP contribution in [0.25, 0.3) is 0 Å². The minimum atomic E-state index is -0.420. The molecule has 7 heteroatoms. The van der Waals surface area contributed by atoms with E-state index >= 15 is 0 Å². The number of carbonyl (C=O) groups excluding carboxylic acids is 3. The smallest absolute Gasteiger partial charge is 0.321 e. The predicted molar refractivity (Wildman–Crippen MR) is 130 cm³/mol. The van der Waals surface area contributed by atoms with Crippen LogP contribution in [0.5, 0.6) is 0 Å². The van der Waals surface area contributed by atoms with Crippen LogP contribution in [0.2, 0.25) is 0 Å². The Morgan fingerprint density at radius 3 is 2.29 bits per heavy atom. The molecule has 0 radical (unpaired) electrons. The molecule has 1 aromatic carbocycles. The minimum Gasteiger partial charge on any atom is -0.337 e. The monoisotopic (exact) mass is 466 g/mol. The van der Waals surface area contributed by atoms with Gasteiger partial charge in [0.25, 0.3) is 5.91 Å². The summed E-state index contributed by atoms with van der Waals surface area (Å²) in [6.07, 6.45) is 7.94. The number of carbonyl (C=O) groups is 3. The number of benzene rings is 1. The first kappa shape index (κ1) is 23.3. The number of nitrogens with zero attached hydrogens (tertiary/aromatic N) is 2. The first-order valence-electron chi connectivity index (χ1n) is 13.0. The summed E-state index contributed by atoms with van der Waals surface area (Å²) in [5.41, 5.74) is 1.67. The lowest BCUT2D eigenvalue weighted by molar-refractivity contribution is -0.124. The summed E-state index contributed by atoms with van der Waals surface area (Å²) < 4.78 is 0. The molecule has 2 N–H and O–H groups in total. The van der Waals surface area contributed by atoms with Gasteiger partial charge in [-0.3, -0.25) is 19.8 Å². The van der Waals surface area contributed by atoms with E-state index in [2.05, 4.69) is 15.5 Å². The maximum Gasteiger partial charge on any atom is 0.321 e. The number of nitrogens with one attached hydrogen (secondary N) is 2. The van der Waals surface area contributed by atoms with Gasteiger partial charge in [0.15, 0.2) is 0 Å². The molecule has 5 fully saturated rings. The molecule has 4 aliphatic carbocycles. The van der Waals surface area contributed by atoms with E-state index < -0.39 is 6.04 Å². The minimum absolute atomic E-state index is 0.0394. The molecule has 0 aromatic heterocycles. The van der Waals surface area contributed by atoms with E-state index in [1.807, 2.05) is 43.0 Å². The number of imide groups is 1. The molecule has 1 aliphatic heterocycles. The van der Waals surface area contributed by atoms with Crippen LogP contribution < -0.4 is 10.6 Å². The van der Waals surface area contributed by atoms with Gasteiger partial charge in [0, 0.05) is 37.3 Å². The Bertz CT molecular complexity index is 926. The summed E-state index contributed by atoms with van der Waals surface area (Å²) in [5.74, 6) is 1.99. The van der Waals surface area contributed by atoms with E-state index in [-0.39, 0.29) is 23.4 Å². The highest BCUT2D eigenvalue weighted by Crippen LogP contribution is 2.55. The van der Waals surface area contributed by atoms with E-state index in [0.29, 0.717) is 25.2 Å². The third-order valence-corrected chi connectivity index (χ3v) is 8.66. The first-order valence-corrected chi connectivity index (χ1v) is 13.0. The van der Waals surface area contributed by atoms with Gasteiger partial charge in [-0.1, -0.05) is 17.7 Å². The van der Waals surface area contributed by atoms with Crippen LogP contribution in [0.3, 0.4) is 0 Å². The molecule has 34 heavy (non-hydrogen) atoms. The average molecular weight is 467 g/mol. The predicted octanol–water partition coefficient (Wildman–Crippen LogP) is 3.33. The summed E-state index contributed by atoms with van der Waals surface area (Å²) >= 11 is 0. The molecule has 1 saturated heterocycles. The molecule has 1 aromatic rings. The van der Waals surface area contributed by atoms with Crippen molar-refractivity contribution in [2.45, 2.75) is 70.4 Å². The van der Waals surface area contributed by atoms with Gasteiger partial charge >= 0.3 is 6.03 Å². The van der Waals surface area contributed by atoms with Crippen LogP contribution in [0.4, 0.5) is 4.79 Å². The van der Waals surface area contributed by atoms with Gasteiger partial charge in [0.1, 0.15) is 0 Å². The number of hydrogen-bond acceptors (Lipinski definition) is 4. The van der Waals surface area contributed by atoms with E-state index in [0.717, 1.165) is 55.5 Å². The molecular formula is C27H38N4O3. The zero-order valence-electron chi connectivity index (χ0n) is 20.5. The third kappa shape index (κ3) is 4.85. The Kier molecular flexibility index (Phi) is 6.40. The van der Waals surface area contributed by atoms with Crippen molar-refractivity contribution in [1.82, 2.24) is 20.4 Å². The van der Waals surface area contributed by atoms with E-state index in [1.54, 1.807) is 0 Å². The van der Waals surface area contributed by atoms with Crippen LogP contribution in [0, 0.1) is 24.7 Å². The second-order valence-corrected chi connectivity index (χ2v) is 11.4. The van der Waals surface area contributed by atoms with Crippen molar-refractivity contribution >= 4 is 17.8 Å². The fraction of sp³-hybridized carbons (Fsp3) is 0.667. The fourth-order valence-corrected chi connectivity index (χ4v) is 7.41. The maximum absolute atomic E-state index is 12.9. The Labute approximate surface area is 202 Å². The molecule has 1 atom stereocenters. The van der Waals surface area contributed by atoms with Crippen molar-refractivity contribution in [2.24, 2.45) is 17.8 Å². The van der Waals surface area contributed by atoms with Crippen LogP contribution in [-0.4, -0.2) is 65.4 Å². The summed E-state index contributed by atoms with van der Waals surface area (Å²) in [5, 5.41) is 5.86. The quantitative estimate of drug-likeness (QED) is 0.713. The number of hydrogen-bond donors (Lipinski definition) is 2. The Balaban J connectivity index is 1.13. The van der Waals surface area contributed by atoms with Crippen molar-refractivity contribution in [3.05, 3.63) is 35.4 Å². The van der Waals surface area contributed by atoms with Crippen molar-refractivity contribution in [2.75, 3.05) is 26.2 Å². The lowest BCUT2D eigenvalue weighted by Gasteiger charge is -2.56. The van der Waals surface area contributed by atoms with Crippen LogP contribution >= 0.6 is 0 Å². The highest BCUT2D eigenvalue weighted by molar-refractivity contribution is 5.97. The highest BCUT2D eigenvalue weighted by atomic mass is 16.2. The number of rotatable bonds is 4. The Morgan fingerprint density at radius 1 is 0.971 bits per heavy atom. The first-order chi connectivity index (χ1) is 16.3. The van der Waals surface area contributed by atoms with Gasteiger partial charge in [-0.2, -0.15) is 0 Å². The van der Waals surface area contributed by atoms with Gasteiger partial charge in [0.2, 0.25) is 5.91 Å². The molecule has 7 nitrogen and oxygen atoms in total. The van der Waals surface area contributed by atoms with Gasteiger partial charge in [-0.05, 0) is 88.7 Å². The van der Waals surface area contributed by atoms with Crippen LogP contribution in [-0.2, 0) is 4.79 Å². The Hall–Kier alpha value is -2.41. The second-order valence-electron chi connectivity index (χ2n) is 11.4. The molecule has 4 amide bonds. The second kappa shape index (κ2) is 9.33. The Morgan fingerprint density at radius 2 is 1.65 bits per heavy atom. The normalized spacial score (nSPS) is 31.6. The lowest BCUT2D eigenvalue weighted by atomic mass is 9.53. The van der Waals surface area contributed by atoms with Gasteiger partial charge < -0.3 is 10.2 Å². The van der Waals surface area contributed by atoms with Crippen LogP contribution in [0.1, 0.15) is 67.8 Å². The van der Waals surface area contributed by atoms with Gasteiger partial charge in [-0.15, -0.1) is 0 Å². The number of aryl methyl sites for hydroxylation is 1. The summed E-state index contributed by atoms with van der Waals surface area (Å²) in [4.78, 5) is 42.6. The van der Waals surface area contributed by atoms with Crippen LogP contribution in [0.15, 0.2) is 24.3 Å². The maximum atomic E-state index is 12.9. The zero-order valence-corrected chi connectivity index (χ0v) is 20.5. The van der Waals surface area contributed by atoms with E-state index in [4.69, 9.17) is 0 Å². The van der Waals surface area contributed by atoms with Crippen molar-refractivity contribution < 1.29 is 14.4 Å². The molecule has 4 bridgehead atoms. The van der Waals surface area contributed by atoms with Crippen molar-refractivity contribution in [3.63, 3.8) is 0 Å². The van der Waals surface area contributed by atoms with Crippen molar-refractivity contribution in [1.29, 1.82) is 0 Å². The summed E-state index contributed by atoms with van der Waals surface area (Å²) in [6, 6.07) is 6.91. The molecular weight excluding hydrogens is 428 g/mol. The SMILES string of the molecule is Cc1cccc(C(=O)N2CCCN(C(C)C(=O)NC(=O)NC34CC5CC(CC(C5)C3)C4)CC2)c1. The average Bonchev–Trinajstić information content (AvgIpc) is 3.03. The van der Waals surface area contributed by atoms with Gasteiger partial charge in [0.05, 0.1) is 6.04 Å². The van der Waals surface area contributed by atoms with E-state index in [1.165, 1.54) is 19.3 Å². The largest absolute Gasteiger partial charge is 0.337 e. The molecule has 184 valence electrons. The molecule has 6 rings (SSSR count). The highest BCUT2D eigenvalue weighted by Gasteiger charge is 2.51. The fourth-order valence-electron chi connectivity index (χ4n) is 7.41. The molecule has 5 aliphatic rings. The summed E-state index contributed by atoms with van der Waals surface area (Å²) in [6.45, 7) is 6.42. The zero-order chi connectivity index (χ0) is 23.9. The molecule has 1 heterocycles. The topological polar surface area (TPSA) is 81.8 Å². The van der Waals surface area contributed by atoms with Crippen molar-refractivity contribution in [3.8, 4) is 0 Å². The number of amides is 4. The lowest BCUT2D eigenvalue weighted by Crippen LogP contribution is -2.62.